The van der Waals surface area contributed by atoms with Crippen LogP contribution in [0, 0.1) is 0 Å². The minimum Gasteiger partial charge on any atom is -0.462 e. The Morgan fingerprint density at radius 2 is 1.75 bits per heavy atom. The molecule has 0 aliphatic heterocycles. The van der Waals surface area contributed by atoms with E-state index < -0.39 is 33.0 Å². The molecule has 3 rings (SSSR count). The molecule has 11 heteroatoms. The fraction of sp³-hybridized carbons (Fsp3) is 0.0952. The van der Waals surface area contributed by atoms with E-state index in [1.54, 1.807) is 37.3 Å². The first-order valence-corrected chi connectivity index (χ1v) is 11.3. The van der Waals surface area contributed by atoms with Gasteiger partial charge in [0.05, 0.1) is 21.9 Å². The number of carbonyl (C=O) groups excluding carboxylic acids is 3. The van der Waals surface area contributed by atoms with Crippen LogP contribution in [0.1, 0.15) is 32.5 Å². The number of benzene rings is 2. The van der Waals surface area contributed by atoms with Crippen LogP contribution in [0.4, 0.5) is 13.7 Å². The zero-order valence-corrected chi connectivity index (χ0v) is 18.2. The summed E-state index contributed by atoms with van der Waals surface area (Å²) < 4.78 is 45.7. The van der Waals surface area contributed by atoms with Crippen LogP contribution in [-0.4, -0.2) is 32.9 Å². The Hall–Kier alpha value is -3.57. The zero-order chi connectivity index (χ0) is 23.3. The lowest BCUT2D eigenvalue weighted by molar-refractivity contribution is 0.0528. The molecule has 166 valence electrons. The summed E-state index contributed by atoms with van der Waals surface area (Å²) in [6.07, 6.45) is -0.895. The molecule has 1 aromatic heterocycles. The number of hydrogen-bond acceptors (Lipinski definition) is 8. The predicted octanol–water partition coefficient (Wildman–Crippen LogP) is 4.42. The van der Waals surface area contributed by atoms with Crippen LogP contribution in [0.3, 0.4) is 0 Å². The van der Waals surface area contributed by atoms with E-state index in [-0.39, 0.29) is 33.4 Å². The van der Waals surface area contributed by atoms with Gasteiger partial charge in [0, 0.05) is 5.56 Å². The Labute approximate surface area is 186 Å². The minimum absolute atomic E-state index is 0.00185. The first-order chi connectivity index (χ1) is 15.2. The lowest BCUT2D eigenvalue weighted by Crippen LogP contribution is -2.18. The molecule has 1 amide bonds. The first kappa shape index (κ1) is 23.1. The van der Waals surface area contributed by atoms with Gasteiger partial charge in [0.1, 0.15) is 10.8 Å². The van der Waals surface area contributed by atoms with Gasteiger partial charge >= 0.3 is 22.3 Å². The molecule has 0 spiro atoms. The summed E-state index contributed by atoms with van der Waals surface area (Å²) in [7, 11) is -5.01. The van der Waals surface area contributed by atoms with E-state index >= 15 is 0 Å². The van der Waals surface area contributed by atoms with Gasteiger partial charge < -0.3 is 9.47 Å². The molecule has 8 nitrogen and oxygen atoms in total. The van der Waals surface area contributed by atoms with Crippen molar-refractivity contribution in [2.75, 3.05) is 11.9 Å². The highest BCUT2D eigenvalue weighted by Gasteiger charge is 2.24. The van der Waals surface area contributed by atoms with Crippen molar-refractivity contribution in [2.24, 2.45) is 0 Å². The Morgan fingerprint density at radius 3 is 2.41 bits per heavy atom. The molecule has 2 aromatic carbocycles. The zero-order valence-electron chi connectivity index (χ0n) is 16.5. The van der Waals surface area contributed by atoms with Crippen molar-refractivity contribution in [1.82, 2.24) is 0 Å². The fourth-order valence-corrected chi connectivity index (χ4v) is 4.10. The molecule has 0 saturated heterocycles. The molecule has 0 saturated carbocycles. The number of thiophene rings is 1. The number of ketones is 1. The predicted molar refractivity (Wildman–Crippen MR) is 115 cm³/mol. The molecular weight excluding hydrogens is 461 g/mol. The SMILES string of the molecule is CCOC(=O)c1cc(C(=O)c2cccc(S(=O)(=O)F)c2)sc1NC(=O)Oc1ccccc1. The van der Waals surface area contributed by atoms with E-state index in [0.717, 1.165) is 23.5 Å². The van der Waals surface area contributed by atoms with E-state index in [0.29, 0.717) is 0 Å². The fourth-order valence-electron chi connectivity index (χ4n) is 2.60. The van der Waals surface area contributed by atoms with E-state index in [9.17, 15) is 26.7 Å². The standard InChI is InChI=1S/C21H16FNO7S2/c1-2-29-20(25)16-12-17(18(24)13-7-6-10-15(11-13)32(22,27)28)31-19(16)23-21(26)30-14-8-4-3-5-9-14/h3-12H,2H2,1H3,(H,23,26). The van der Waals surface area contributed by atoms with Crippen LogP contribution >= 0.6 is 11.3 Å². The summed E-state index contributed by atoms with van der Waals surface area (Å²) >= 11 is 0.763. The highest BCUT2D eigenvalue weighted by molar-refractivity contribution is 7.86. The van der Waals surface area contributed by atoms with Crippen LogP contribution in [0.5, 0.6) is 5.75 Å². The smallest absolute Gasteiger partial charge is 0.417 e. The van der Waals surface area contributed by atoms with Crippen LogP contribution in [0.2, 0.25) is 0 Å². The van der Waals surface area contributed by atoms with Crippen LogP contribution < -0.4 is 10.1 Å². The molecule has 0 unspecified atom stereocenters. The van der Waals surface area contributed by atoms with Gasteiger partial charge in [0.15, 0.2) is 0 Å². The van der Waals surface area contributed by atoms with Crippen molar-refractivity contribution < 1.29 is 36.2 Å². The number of carbonyl (C=O) groups is 3. The van der Waals surface area contributed by atoms with Crippen molar-refractivity contribution in [3.63, 3.8) is 0 Å². The third-order valence-electron chi connectivity index (χ3n) is 4.00. The highest BCUT2D eigenvalue weighted by atomic mass is 32.3. The quantitative estimate of drug-likeness (QED) is 0.304. The average molecular weight is 477 g/mol. The first-order valence-electron chi connectivity index (χ1n) is 9.13. The molecule has 0 atom stereocenters. The molecule has 3 aromatic rings. The second kappa shape index (κ2) is 9.71. The van der Waals surface area contributed by atoms with Gasteiger partial charge in [-0.2, -0.15) is 8.42 Å². The van der Waals surface area contributed by atoms with Crippen molar-refractivity contribution in [3.8, 4) is 5.75 Å². The molecule has 0 aliphatic rings. The highest BCUT2D eigenvalue weighted by Crippen LogP contribution is 2.31. The van der Waals surface area contributed by atoms with Crippen LogP contribution in [0.25, 0.3) is 0 Å². The Kier molecular flexibility index (Phi) is 7.01. The summed E-state index contributed by atoms with van der Waals surface area (Å²) in [6, 6.07) is 13.8. The maximum absolute atomic E-state index is 13.3. The number of para-hydroxylation sites is 1. The van der Waals surface area contributed by atoms with E-state index in [1.165, 1.54) is 18.2 Å². The summed E-state index contributed by atoms with van der Waals surface area (Å²) in [6.45, 7) is 1.65. The average Bonchev–Trinajstić information content (AvgIpc) is 3.17. The monoisotopic (exact) mass is 477 g/mol. The van der Waals surface area contributed by atoms with Gasteiger partial charge in [-0.1, -0.05) is 30.3 Å². The maximum Gasteiger partial charge on any atom is 0.417 e. The second-order valence-electron chi connectivity index (χ2n) is 6.20. The third-order valence-corrected chi connectivity index (χ3v) is 5.86. The van der Waals surface area contributed by atoms with E-state index in [2.05, 4.69) is 5.32 Å². The van der Waals surface area contributed by atoms with Crippen molar-refractivity contribution >= 4 is 44.4 Å². The van der Waals surface area contributed by atoms with Gasteiger partial charge in [0.2, 0.25) is 5.78 Å². The summed E-state index contributed by atoms with van der Waals surface area (Å²) in [4.78, 5) is 36.7. The number of anilines is 1. The van der Waals surface area contributed by atoms with Crippen LogP contribution in [0.15, 0.2) is 65.6 Å². The number of nitrogens with one attached hydrogen (secondary N) is 1. The number of rotatable bonds is 7. The Morgan fingerprint density at radius 1 is 1.03 bits per heavy atom. The number of hydrogen-bond donors (Lipinski definition) is 1. The second-order valence-corrected chi connectivity index (χ2v) is 8.60. The molecule has 0 fully saturated rings. The number of amides is 1. The number of halogens is 1. The molecule has 32 heavy (non-hydrogen) atoms. The van der Waals surface area contributed by atoms with Crippen LogP contribution in [-0.2, 0) is 15.0 Å². The largest absolute Gasteiger partial charge is 0.462 e. The normalized spacial score (nSPS) is 10.9. The van der Waals surface area contributed by atoms with Gasteiger partial charge in [-0.25, -0.2) is 9.59 Å². The minimum atomic E-state index is -5.01. The number of esters is 1. The topological polar surface area (TPSA) is 116 Å². The van der Waals surface area contributed by atoms with E-state index in [4.69, 9.17) is 9.47 Å². The molecule has 1 heterocycles. The molecule has 0 radical (unpaired) electrons. The Balaban J connectivity index is 1.91. The van der Waals surface area contributed by atoms with Gasteiger partial charge in [-0.15, -0.1) is 15.2 Å². The van der Waals surface area contributed by atoms with Crippen molar-refractivity contribution in [1.29, 1.82) is 0 Å². The summed E-state index contributed by atoms with van der Waals surface area (Å²) in [5.41, 5.74) is -0.196. The summed E-state index contributed by atoms with van der Waals surface area (Å²) in [5.74, 6) is -1.19. The lowest BCUT2D eigenvalue weighted by Gasteiger charge is -2.06. The van der Waals surface area contributed by atoms with Gasteiger partial charge in [-0.3, -0.25) is 10.1 Å². The number of ether oxygens (including phenoxy) is 2. The molecule has 1 N–H and O–H groups in total. The van der Waals surface area contributed by atoms with Gasteiger partial charge in [-0.05, 0) is 37.3 Å². The lowest BCUT2D eigenvalue weighted by atomic mass is 10.1. The van der Waals surface area contributed by atoms with E-state index in [1.807, 2.05) is 0 Å². The Bertz CT molecular complexity index is 1270. The maximum atomic E-state index is 13.3. The molecule has 0 aliphatic carbocycles. The molecule has 0 bridgehead atoms. The van der Waals surface area contributed by atoms with Crippen molar-refractivity contribution in [2.45, 2.75) is 11.8 Å². The van der Waals surface area contributed by atoms with Crippen molar-refractivity contribution in [3.05, 3.63) is 76.7 Å². The molecular formula is C21H16FNO7S2. The summed E-state index contributed by atoms with van der Waals surface area (Å²) in [5, 5.41) is 2.41. The van der Waals surface area contributed by atoms with Gasteiger partial charge in [0.25, 0.3) is 0 Å². The third kappa shape index (κ3) is 5.56.